The minimum absolute atomic E-state index is 0.105. The molecule has 0 saturated carbocycles. The standard InChI is InChI=1S/C21H33BrN2O4/c1-5-15(6-2)18(24-8-10-27-11-9-24)14-23-21(25)16-12-17(22)20(28-7-3)19(13-16)26-4/h12-13,15,18H,5-11,14H2,1-4H3,(H,23,25). The maximum Gasteiger partial charge on any atom is 0.251 e. The Morgan fingerprint density at radius 1 is 1.25 bits per heavy atom. The highest BCUT2D eigenvalue weighted by Gasteiger charge is 2.27. The van der Waals surface area contributed by atoms with Crippen LogP contribution in [0.25, 0.3) is 0 Å². The van der Waals surface area contributed by atoms with Gasteiger partial charge in [-0.1, -0.05) is 26.7 Å². The maximum atomic E-state index is 12.8. The summed E-state index contributed by atoms with van der Waals surface area (Å²) in [6.07, 6.45) is 2.19. The molecule has 0 bridgehead atoms. The first-order valence-corrected chi connectivity index (χ1v) is 10.9. The summed E-state index contributed by atoms with van der Waals surface area (Å²) < 4.78 is 17.2. The first kappa shape index (κ1) is 23.0. The first-order chi connectivity index (χ1) is 13.5. The summed E-state index contributed by atoms with van der Waals surface area (Å²) in [4.78, 5) is 15.3. The summed E-state index contributed by atoms with van der Waals surface area (Å²) in [5.41, 5.74) is 0.553. The number of methoxy groups -OCH3 is 1. The number of carbonyl (C=O) groups excluding carboxylic acids is 1. The molecule has 6 nitrogen and oxygen atoms in total. The zero-order chi connectivity index (χ0) is 20.5. The summed E-state index contributed by atoms with van der Waals surface area (Å²) in [5.74, 6) is 1.60. The van der Waals surface area contributed by atoms with E-state index in [1.807, 2.05) is 6.92 Å². The highest BCUT2D eigenvalue weighted by atomic mass is 79.9. The van der Waals surface area contributed by atoms with Gasteiger partial charge in [-0.05, 0) is 40.9 Å². The van der Waals surface area contributed by atoms with Crippen LogP contribution in [-0.4, -0.2) is 63.4 Å². The Balaban J connectivity index is 2.12. The number of halogens is 1. The molecule has 158 valence electrons. The van der Waals surface area contributed by atoms with Crippen molar-refractivity contribution in [2.75, 3.05) is 46.6 Å². The SMILES string of the molecule is CCOc1c(Br)cc(C(=O)NCC(C(CC)CC)N2CCOCC2)cc1OC. The Morgan fingerprint density at radius 2 is 1.93 bits per heavy atom. The van der Waals surface area contributed by atoms with Gasteiger partial charge in [0.1, 0.15) is 0 Å². The summed E-state index contributed by atoms with van der Waals surface area (Å²) in [6.45, 7) is 10.8. The van der Waals surface area contributed by atoms with Crippen LogP contribution >= 0.6 is 15.9 Å². The molecule has 1 saturated heterocycles. The molecular weight excluding hydrogens is 424 g/mol. The van der Waals surface area contributed by atoms with Crippen molar-refractivity contribution in [3.05, 3.63) is 22.2 Å². The zero-order valence-electron chi connectivity index (χ0n) is 17.4. The average Bonchev–Trinajstić information content (AvgIpc) is 2.72. The van der Waals surface area contributed by atoms with Crippen molar-refractivity contribution >= 4 is 21.8 Å². The largest absolute Gasteiger partial charge is 0.493 e. The number of ether oxygens (including phenoxy) is 3. The van der Waals surface area contributed by atoms with E-state index < -0.39 is 0 Å². The van der Waals surface area contributed by atoms with Crippen LogP contribution in [0.15, 0.2) is 16.6 Å². The molecule has 7 heteroatoms. The average molecular weight is 457 g/mol. The Bertz CT molecular complexity index is 631. The van der Waals surface area contributed by atoms with Gasteiger partial charge in [-0.25, -0.2) is 0 Å². The van der Waals surface area contributed by atoms with Gasteiger partial charge >= 0.3 is 0 Å². The molecular formula is C21H33BrN2O4. The van der Waals surface area contributed by atoms with Gasteiger partial charge in [-0.15, -0.1) is 0 Å². The number of morpholine rings is 1. The van der Waals surface area contributed by atoms with Crippen molar-refractivity contribution in [1.82, 2.24) is 10.2 Å². The quantitative estimate of drug-likeness (QED) is 0.581. The predicted molar refractivity (Wildman–Crippen MR) is 114 cm³/mol. The molecule has 1 aromatic carbocycles. The van der Waals surface area contributed by atoms with Gasteiger partial charge in [-0.3, -0.25) is 9.69 Å². The van der Waals surface area contributed by atoms with E-state index in [0.717, 1.165) is 39.1 Å². The van der Waals surface area contributed by atoms with Crippen molar-refractivity contribution in [2.45, 2.75) is 39.7 Å². The van der Waals surface area contributed by atoms with Crippen LogP contribution in [0.2, 0.25) is 0 Å². The van der Waals surface area contributed by atoms with Gasteiger partial charge in [-0.2, -0.15) is 0 Å². The molecule has 1 N–H and O–H groups in total. The van der Waals surface area contributed by atoms with Gasteiger partial charge in [0.2, 0.25) is 0 Å². The lowest BCUT2D eigenvalue weighted by molar-refractivity contribution is 0.00191. The normalized spacial score (nSPS) is 16.1. The van der Waals surface area contributed by atoms with Crippen LogP contribution < -0.4 is 14.8 Å². The van der Waals surface area contributed by atoms with E-state index in [9.17, 15) is 4.79 Å². The molecule has 0 spiro atoms. The molecule has 1 amide bonds. The Kier molecular flexibility index (Phi) is 9.55. The van der Waals surface area contributed by atoms with E-state index in [0.29, 0.717) is 46.6 Å². The second-order valence-electron chi connectivity index (χ2n) is 6.92. The maximum absolute atomic E-state index is 12.8. The number of carbonyl (C=O) groups is 1. The molecule has 0 aromatic heterocycles. The minimum Gasteiger partial charge on any atom is -0.493 e. The monoisotopic (exact) mass is 456 g/mol. The second-order valence-corrected chi connectivity index (χ2v) is 7.78. The smallest absolute Gasteiger partial charge is 0.251 e. The molecule has 0 aliphatic carbocycles. The summed E-state index contributed by atoms with van der Waals surface area (Å²) in [6, 6.07) is 3.83. The molecule has 1 aliphatic rings. The second kappa shape index (κ2) is 11.6. The molecule has 1 atom stereocenters. The molecule has 1 aromatic rings. The van der Waals surface area contributed by atoms with Gasteiger partial charge in [0, 0.05) is 31.2 Å². The number of amides is 1. The number of nitrogens with zero attached hydrogens (tertiary/aromatic N) is 1. The van der Waals surface area contributed by atoms with Crippen LogP contribution in [0.5, 0.6) is 11.5 Å². The third-order valence-corrected chi connectivity index (χ3v) is 5.95. The molecule has 1 aliphatic heterocycles. The Labute approximate surface area is 177 Å². The fraction of sp³-hybridized carbons (Fsp3) is 0.667. The van der Waals surface area contributed by atoms with Crippen LogP contribution in [0.3, 0.4) is 0 Å². The highest BCUT2D eigenvalue weighted by Crippen LogP contribution is 2.36. The third-order valence-electron chi connectivity index (χ3n) is 5.36. The van der Waals surface area contributed by atoms with Gasteiger partial charge < -0.3 is 19.5 Å². The van der Waals surface area contributed by atoms with E-state index in [1.54, 1.807) is 19.2 Å². The molecule has 1 heterocycles. The molecule has 1 unspecified atom stereocenters. The zero-order valence-corrected chi connectivity index (χ0v) is 19.0. The van der Waals surface area contributed by atoms with Crippen molar-refractivity contribution in [3.63, 3.8) is 0 Å². The highest BCUT2D eigenvalue weighted by molar-refractivity contribution is 9.10. The number of rotatable bonds is 10. The first-order valence-electron chi connectivity index (χ1n) is 10.2. The lowest BCUT2D eigenvalue weighted by atomic mass is 9.92. The van der Waals surface area contributed by atoms with E-state index in [1.165, 1.54) is 0 Å². The molecule has 1 fully saturated rings. The van der Waals surface area contributed by atoms with Crippen LogP contribution in [-0.2, 0) is 4.74 Å². The lowest BCUT2D eigenvalue weighted by Gasteiger charge is -2.38. The van der Waals surface area contributed by atoms with Crippen LogP contribution in [0.1, 0.15) is 44.0 Å². The van der Waals surface area contributed by atoms with Gasteiger partial charge in [0.15, 0.2) is 11.5 Å². The van der Waals surface area contributed by atoms with E-state index in [2.05, 4.69) is 40.0 Å². The summed E-state index contributed by atoms with van der Waals surface area (Å²) >= 11 is 3.49. The minimum atomic E-state index is -0.105. The predicted octanol–water partition coefficient (Wildman–Crippen LogP) is 3.72. The van der Waals surface area contributed by atoms with E-state index in [4.69, 9.17) is 14.2 Å². The van der Waals surface area contributed by atoms with Crippen molar-refractivity contribution in [2.24, 2.45) is 5.92 Å². The Hall–Kier alpha value is -1.31. The van der Waals surface area contributed by atoms with E-state index in [-0.39, 0.29) is 5.91 Å². The van der Waals surface area contributed by atoms with Crippen LogP contribution in [0.4, 0.5) is 0 Å². The van der Waals surface area contributed by atoms with Crippen molar-refractivity contribution < 1.29 is 19.0 Å². The molecule has 28 heavy (non-hydrogen) atoms. The van der Waals surface area contributed by atoms with Gasteiger partial charge in [0.25, 0.3) is 5.91 Å². The number of benzene rings is 1. The topological polar surface area (TPSA) is 60.0 Å². The number of nitrogens with one attached hydrogen (secondary N) is 1. The fourth-order valence-electron chi connectivity index (χ4n) is 3.77. The summed E-state index contributed by atoms with van der Waals surface area (Å²) in [7, 11) is 1.58. The van der Waals surface area contributed by atoms with Gasteiger partial charge in [0.05, 0.1) is 31.4 Å². The third kappa shape index (κ3) is 5.84. The fourth-order valence-corrected chi connectivity index (χ4v) is 4.33. The lowest BCUT2D eigenvalue weighted by Crippen LogP contribution is -2.52. The van der Waals surface area contributed by atoms with E-state index >= 15 is 0 Å². The van der Waals surface area contributed by atoms with Crippen LogP contribution in [0, 0.1) is 5.92 Å². The Morgan fingerprint density at radius 3 is 2.50 bits per heavy atom. The van der Waals surface area contributed by atoms with Crippen molar-refractivity contribution in [3.8, 4) is 11.5 Å². The van der Waals surface area contributed by atoms with Crippen molar-refractivity contribution in [1.29, 1.82) is 0 Å². The summed E-state index contributed by atoms with van der Waals surface area (Å²) in [5, 5.41) is 3.14. The number of hydrogen-bond donors (Lipinski definition) is 1. The molecule has 0 radical (unpaired) electrons. The number of hydrogen-bond acceptors (Lipinski definition) is 5. The molecule has 2 rings (SSSR count).